The molecule has 4 rings (SSSR count). The molecule has 1 aromatic heterocycles. The van der Waals surface area contributed by atoms with Gasteiger partial charge < -0.3 is 4.74 Å². The number of aromatic nitrogens is 1. The quantitative estimate of drug-likeness (QED) is 0.476. The molecule has 0 fully saturated rings. The number of hydrogen-bond acceptors (Lipinski definition) is 5. The molecule has 8 heteroatoms. The summed E-state index contributed by atoms with van der Waals surface area (Å²) in [6, 6.07) is 14.1. The third-order valence-electron chi connectivity index (χ3n) is 5.08. The molecule has 33 heavy (non-hydrogen) atoms. The first kappa shape index (κ1) is 23.2. The summed E-state index contributed by atoms with van der Waals surface area (Å²) in [6.07, 6.45) is 5.43. The Balaban J connectivity index is 1.89. The fraction of sp³-hybridized carbons (Fsp3) is 0.160. The summed E-state index contributed by atoms with van der Waals surface area (Å²) < 4.78 is 7.26. The van der Waals surface area contributed by atoms with Gasteiger partial charge in [-0.2, -0.15) is 0 Å². The Labute approximate surface area is 204 Å². The van der Waals surface area contributed by atoms with Crippen LogP contribution in [0.25, 0.3) is 12.2 Å². The molecule has 0 saturated heterocycles. The van der Waals surface area contributed by atoms with Gasteiger partial charge in [0.25, 0.3) is 5.56 Å². The highest BCUT2D eigenvalue weighted by Gasteiger charge is 2.30. The first-order chi connectivity index (χ1) is 15.9. The van der Waals surface area contributed by atoms with E-state index in [9.17, 15) is 9.59 Å². The molecule has 3 aromatic rings. The van der Waals surface area contributed by atoms with Gasteiger partial charge in [-0.15, -0.1) is 0 Å². The Kier molecular flexibility index (Phi) is 6.98. The molecule has 0 saturated carbocycles. The number of carbonyl (C=O) groups is 1. The average Bonchev–Trinajstić information content (AvgIpc) is 3.09. The van der Waals surface area contributed by atoms with E-state index in [-0.39, 0.29) is 12.2 Å². The number of esters is 1. The summed E-state index contributed by atoms with van der Waals surface area (Å²) in [4.78, 5) is 31.3. The standard InChI is InChI=1S/C25H20Cl2N2O3S/c1-3-32-24(31)22-15(2)28-25-29(20(22)12-9-16-7-5-4-6-8-16)23(30)21(33-25)13-17-10-11-18(26)14-19(17)27/h4-14,20H,3H2,1-2H3/b12-9+,21-13-/t20-/m1/s1. The lowest BCUT2D eigenvalue weighted by Crippen LogP contribution is -2.38. The normalized spacial score (nSPS) is 16.1. The van der Waals surface area contributed by atoms with Crippen molar-refractivity contribution in [2.45, 2.75) is 19.9 Å². The Bertz CT molecular complexity index is 1450. The van der Waals surface area contributed by atoms with Crippen LogP contribution in [0.5, 0.6) is 0 Å². The molecular formula is C25H20Cl2N2O3S. The molecule has 0 amide bonds. The Morgan fingerprint density at radius 2 is 1.97 bits per heavy atom. The first-order valence-corrected chi connectivity index (χ1v) is 11.8. The second-order valence-corrected chi connectivity index (χ2v) is 9.13. The average molecular weight is 499 g/mol. The smallest absolute Gasteiger partial charge is 0.338 e. The van der Waals surface area contributed by atoms with Crippen LogP contribution in [0.1, 0.15) is 31.0 Å². The minimum atomic E-state index is -0.650. The highest BCUT2D eigenvalue weighted by molar-refractivity contribution is 7.07. The number of halogens is 2. The van der Waals surface area contributed by atoms with Crippen molar-refractivity contribution in [2.24, 2.45) is 4.99 Å². The van der Waals surface area contributed by atoms with Crippen molar-refractivity contribution in [1.29, 1.82) is 0 Å². The Morgan fingerprint density at radius 1 is 1.21 bits per heavy atom. The van der Waals surface area contributed by atoms with E-state index in [1.54, 1.807) is 38.1 Å². The summed E-state index contributed by atoms with van der Waals surface area (Å²) >= 11 is 13.5. The molecule has 0 aliphatic carbocycles. The summed E-state index contributed by atoms with van der Waals surface area (Å²) in [6.45, 7) is 3.72. The number of thiazole rings is 1. The van der Waals surface area contributed by atoms with Crippen LogP contribution in [0.4, 0.5) is 0 Å². The van der Waals surface area contributed by atoms with Gasteiger partial charge in [-0.05, 0) is 43.2 Å². The second kappa shape index (κ2) is 9.91. The van der Waals surface area contributed by atoms with Crippen LogP contribution in [0.3, 0.4) is 0 Å². The van der Waals surface area contributed by atoms with E-state index in [2.05, 4.69) is 4.99 Å². The molecule has 2 aromatic carbocycles. The molecule has 2 heterocycles. The zero-order valence-corrected chi connectivity index (χ0v) is 20.2. The van der Waals surface area contributed by atoms with Gasteiger partial charge in [0, 0.05) is 10.0 Å². The van der Waals surface area contributed by atoms with E-state index in [1.165, 1.54) is 15.9 Å². The molecule has 1 atom stereocenters. The monoisotopic (exact) mass is 498 g/mol. The number of fused-ring (bicyclic) bond motifs is 1. The topological polar surface area (TPSA) is 60.7 Å². The van der Waals surface area contributed by atoms with E-state index in [4.69, 9.17) is 27.9 Å². The van der Waals surface area contributed by atoms with Crippen LogP contribution in [-0.4, -0.2) is 17.1 Å². The van der Waals surface area contributed by atoms with E-state index in [0.717, 1.165) is 5.56 Å². The molecule has 1 aliphatic rings. The molecule has 1 aliphatic heterocycles. The number of allylic oxidation sites excluding steroid dienone is 2. The maximum Gasteiger partial charge on any atom is 0.338 e. The van der Waals surface area contributed by atoms with Crippen molar-refractivity contribution in [2.75, 3.05) is 6.61 Å². The zero-order chi connectivity index (χ0) is 23.5. The summed E-state index contributed by atoms with van der Waals surface area (Å²) in [5, 5.41) is 0.955. The molecule has 0 N–H and O–H groups in total. The summed E-state index contributed by atoms with van der Waals surface area (Å²) in [5.41, 5.74) is 2.22. The number of carbonyl (C=O) groups excluding carboxylic acids is 1. The van der Waals surface area contributed by atoms with Crippen molar-refractivity contribution >= 4 is 52.7 Å². The lowest BCUT2D eigenvalue weighted by atomic mass is 10.0. The predicted molar refractivity (Wildman–Crippen MR) is 133 cm³/mol. The third kappa shape index (κ3) is 4.88. The van der Waals surface area contributed by atoms with Crippen molar-refractivity contribution in [3.05, 3.63) is 107 Å². The Hall–Kier alpha value is -2.93. The highest BCUT2D eigenvalue weighted by Crippen LogP contribution is 2.26. The van der Waals surface area contributed by atoms with Gasteiger partial charge in [-0.1, -0.05) is 83.1 Å². The van der Waals surface area contributed by atoms with Crippen molar-refractivity contribution < 1.29 is 9.53 Å². The molecule has 5 nitrogen and oxygen atoms in total. The number of hydrogen-bond donors (Lipinski definition) is 0. The van der Waals surface area contributed by atoms with Gasteiger partial charge in [0.1, 0.15) is 0 Å². The number of benzene rings is 2. The molecule has 168 valence electrons. The lowest BCUT2D eigenvalue weighted by molar-refractivity contribution is -0.139. The van der Waals surface area contributed by atoms with Crippen LogP contribution in [0.15, 0.2) is 75.7 Å². The van der Waals surface area contributed by atoms with E-state index >= 15 is 0 Å². The number of nitrogens with zero attached hydrogens (tertiary/aromatic N) is 2. The number of ether oxygens (including phenoxy) is 1. The molecule has 0 radical (unpaired) electrons. The zero-order valence-electron chi connectivity index (χ0n) is 17.9. The van der Waals surface area contributed by atoms with Crippen LogP contribution < -0.4 is 14.9 Å². The number of rotatable bonds is 5. The van der Waals surface area contributed by atoms with Crippen LogP contribution in [0, 0.1) is 0 Å². The lowest BCUT2D eigenvalue weighted by Gasteiger charge is -2.21. The van der Waals surface area contributed by atoms with Gasteiger partial charge in [-0.3, -0.25) is 9.36 Å². The third-order valence-corrected chi connectivity index (χ3v) is 6.62. The van der Waals surface area contributed by atoms with Gasteiger partial charge in [0.2, 0.25) is 0 Å². The molecule has 0 unspecified atom stereocenters. The second-order valence-electron chi connectivity index (χ2n) is 7.28. The summed E-state index contributed by atoms with van der Waals surface area (Å²) in [5.74, 6) is -0.489. The SMILES string of the molecule is CCOC(=O)C1=C(C)N=c2s/c(=C\c3ccc(Cl)cc3Cl)c(=O)n2[C@@H]1/C=C/c1ccccc1. The maximum absolute atomic E-state index is 13.5. The van der Waals surface area contributed by atoms with E-state index in [0.29, 0.717) is 36.2 Å². The molecule has 0 spiro atoms. The van der Waals surface area contributed by atoms with Crippen molar-refractivity contribution in [3.63, 3.8) is 0 Å². The minimum Gasteiger partial charge on any atom is -0.463 e. The van der Waals surface area contributed by atoms with Crippen molar-refractivity contribution in [1.82, 2.24) is 4.57 Å². The Morgan fingerprint density at radius 3 is 2.67 bits per heavy atom. The molecule has 0 bridgehead atoms. The van der Waals surface area contributed by atoms with Crippen LogP contribution in [-0.2, 0) is 9.53 Å². The largest absolute Gasteiger partial charge is 0.463 e. The van der Waals surface area contributed by atoms with Crippen LogP contribution in [0.2, 0.25) is 10.0 Å². The molecular weight excluding hydrogens is 479 g/mol. The van der Waals surface area contributed by atoms with E-state index in [1.807, 2.05) is 42.5 Å². The van der Waals surface area contributed by atoms with Gasteiger partial charge in [-0.25, -0.2) is 9.79 Å². The van der Waals surface area contributed by atoms with Crippen LogP contribution >= 0.6 is 34.5 Å². The predicted octanol–water partition coefficient (Wildman–Crippen LogP) is 4.77. The fourth-order valence-electron chi connectivity index (χ4n) is 3.54. The van der Waals surface area contributed by atoms with Crippen molar-refractivity contribution in [3.8, 4) is 0 Å². The summed E-state index contributed by atoms with van der Waals surface area (Å²) in [7, 11) is 0. The van der Waals surface area contributed by atoms with Gasteiger partial charge in [0.05, 0.1) is 28.5 Å². The van der Waals surface area contributed by atoms with Gasteiger partial charge in [0.15, 0.2) is 4.80 Å². The fourth-order valence-corrected chi connectivity index (χ4v) is 5.05. The van der Waals surface area contributed by atoms with Gasteiger partial charge >= 0.3 is 5.97 Å². The first-order valence-electron chi connectivity index (χ1n) is 10.3. The van der Waals surface area contributed by atoms with E-state index < -0.39 is 12.0 Å². The highest BCUT2D eigenvalue weighted by atomic mass is 35.5. The maximum atomic E-state index is 13.5. The minimum absolute atomic E-state index is 0.226.